The quantitative estimate of drug-likeness (QED) is 0.438. The van der Waals surface area contributed by atoms with Crippen LogP contribution in [0, 0.1) is 17.4 Å². The van der Waals surface area contributed by atoms with E-state index in [1.807, 2.05) is 24.9 Å². The fourth-order valence-corrected chi connectivity index (χ4v) is 2.82. The van der Waals surface area contributed by atoms with Gasteiger partial charge in [-0.05, 0) is 20.3 Å². The van der Waals surface area contributed by atoms with Crippen molar-refractivity contribution in [2.45, 2.75) is 26.1 Å². The molecule has 0 spiro atoms. The fraction of sp³-hybridized carbons (Fsp3) is 0.857. The van der Waals surface area contributed by atoms with Crippen LogP contribution >= 0.6 is 0 Å². The van der Waals surface area contributed by atoms with Crippen molar-refractivity contribution in [3.8, 4) is 6.19 Å². The predicted octanol–water partition coefficient (Wildman–Crippen LogP) is 0.534. The Kier molecular flexibility index (Phi) is 5.79. The number of hydrogen-bond acceptors (Lipinski definition) is 7. The van der Waals surface area contributed by atoms with Gasteiger partial charge in [0, 0.05) is 32.3 Å². The molecule has 2 aliphatic heterocycles. The molecule has 2 aliphatic rings. The molecular weight excluding hydrogens is 272 g/mol. The van der Waals surface area contributed by atoms with Gasteiger partial charge in [-0.1, -0.05) is 0 Å². The Balaban J connectivity index is 2.10. The Morgan fingerprint density at radius 3 is 2.81 bits per heavy atom. The maximum Gasteiger partial charge on any atom is 0.207 e. The SMILES string of the molecule is CCOC1(OCC)CN=C(NC#N)N(CC2CCOC2)C1. The number of nitrogens with one attached hydrogen (secondary N) is 1. The molecule has 1 saturated heterocycles. The summed E-state index contributed by atoms with van der Waals surface area (Å²) in [5.74, 6) is 0.332. The van der Waals surface area contributed by atoms with Crippen molar-refractivity contribution in [1.29, 1.82) is 5.26 Å². The topological polar surface area (TPSA) is 79.1 Å². The summed E-state index contributed by atoms with van der Waals surface area (Å²) in [5, 5.41) is 11.5. The molecule has 0 aromatic heterocycles. The fourth-order valence-electron chi connectivity index (χ4n) is 2.82. The van der Waals surface area contributed by atoms with Gasteiger partial charge in [-0.15, -0.1) is 0 Å². The summed E-state index contributed by atoms with van der Waals surface area (Å²) in [6.45, 7) is 8.34. The Morgan fingerprint density at radius 2 is 2.24 bits per heavy atom. The number of rotatable bonds is 6. The van der Waals surface area contributed by atoms with Crippen LogP contribution in [0.3, 0.4) is 0 Å². The van der Waals surface area contributed by atoms with Crippen molar-refractivity contribution in [1.82, 2.24) is 10.2 Å². The molecule has 2 rings (SSSR count). The molecule has 7 nitrogen and oxygen atoms in total. The lowest BCUT2D eigenvalue weighted by Crippen LogP contribution is -2.58. The van der Waals surface area contributed by atoms with Crippen molar-refractivity contribution in [3.63, 3.8) is 0 Å². The lowest BCUT2D eigenvalue weighted by Gasteiger charge is -2.41. The molecule has 0 aliphatic carbocycles. The highest BCUT2D eigenvalue weighted by atomic mass is 16.7. The van der Waals surface area contributed by atoms with Gasteiger partial charge < -0.3 is 19.1 Å². The van der Waals surface area contributed by atoms with E-state index in [1.165, 1.54) is 0 Å². The van der Waals surface area contributed by atoms with E-state index in [0.29, 0.717) is 38.2 Å². The molecule has 1 atom stereocenters. The van der Waals surface area contributed by atoms with Crippen molar-refractivity contribution >= 4 is 5.96 Å². The average Bonchev–Trinajstić information content (AvgIpc) is 2.96. The van der Waals surface area contributed by atoms with Crippen LogP contribution in [-0.2, 0) is 14.2 Å². The monoisotopic (exact) mass is 296 g/mol. The summed E-state index contributed by atoms with van der Waals surface area (Å²) < 4.78 is 17.1. The first-order valence-electron chi connectivity index (χ1n) is 7.53. The van der Waals surface area contributed by atoms with Crippen molar-refractivity contribution < 1.29 is 14.2 Å². The maximum atomic E-state index is 8.88. The van der Waals surface area contributed by atoms with Crippen LogP contribution in [0.1, 0.15) is 20.3 Å². The summed E-state index contributed by atoms with van der Waals surface area (Å²) in [5.41, 5.74) is 0. The van der Waals surface area contributed by atoms with Gasteiger partial charge in [0.1, 0.15) is 0 Å². The van der Waals surface area contributed by atoms with Crippen LogP contribution in [0.2, 0.25) is 0 Å². The van der Waals surface area contributed by atoms with Gasteiger partial charge in [-0.2, -0.15) is 5.26 Å². The third kappa shape index (κ3) is 4.06. The van der Waals surface area contributed by atoms with Crippen LogP contribution in [0.5, 0.6) is 0 Å². The van der Waals surface area contributed by atoms with Crippen molar-refractivity contribution in [3.05, 3.63) is 0 Å². The second kappa shape index (κ2) is 7.59. The molecule has 1 fully saturated rings. The molecule has 1 N–H and O–H groups in total. The molecule has 0 amide bonds. The summed E-state index contributed by atoms with van der Waals surface area (Å²) in [6.07, 6.45) is 2.98. The largest absolute Gasteiger partial charge is 0.381 e. The lowest BCUT2D eigenvalue weighted by molar-refractivity contribution is -0.233. The van der Waals surface area contributed by atoms with E-state index < -0.39 is 5.79 Å². The number of aliphatic imine (C=N–C) groups is 1. The van der Waals surface area contributed by atoms with Gasteiger partial charge in [0.05, 0.1) is 19.7 Å². The van der Waals surface area contributed by atoms with E-state index in [4.69, 9.17) is 19.5 Å². The molecule has 0 radical (unpaired) electrons. The molecule has 1 unspecified atom stereocenters. The van der Waals surface area contributed by atoms with Crippen LogP contribution < -0.4 is 5.32 Å². The van der Waals surface area contributed by atoms with E-state index in [2.05, 4.69) is 10.3 Å². The molecule has 21 heavy (non-hydrogen) atoms. The maximum absolute atomic E-state index is 8.88. The van der Waals surface area contributed by atoms with Gasteiger partial charge in [-0.3, -0.25) is 5.32 Å². The number of guanidine groups is 1. The van der Waals surface area contributed by atoms with Crippen LogP contribution in [0.4, 0.5) is 0 Å². The minimum absolute atomic E-state index is 0.399. The minimum Gasteiger partial charge on any atom is -0.381 e. The molecule has 2 heterocycles. The van der Waals surface area contributed by atoms with Gasteiger partial charge >= 0.3 is 0 Å². The molecule has 0 aromatic carbocycles. The molecule has 0 saturated carbocycles. The number of nitrogens with zero attached hydrogens (tertiary/aromatic N) is 3. The minimum atomic E-state index is -0.719. The first kappa shape index (κ1) is 16.0. The third-order valence-corrected chi connectivity index (χ3v) is 3.69. The lowest BCUT2D eigenvalue weighted by atomic mass is 10.1. The van der Waals surface area contributed by atoms with Gasteiger partial charge in [0.25, 0.3) is 0 Å². The smallest absolute Gasteiger partial charge is 0.207 e. The van der Waals surface area contributed by atoms with Crippen molar-refractivity contribution in [2.24, 2.45) is 10.9 Å². The summed E-state index contributed by atoms with van der Waals surface area (Å²) in [7, 11) is 0. The summed E-state index contributed by atoms with van der Waals surface area (Å²) in [4.78, 5) is 6.49. The standard InChI is InChI=1S/C14H24N4O3/c1-3-20-14(21-4-2)9-16-13(17-11-15)18(10-14)7-12-5-6-19-8-12/h12H,3-10H2,1-2H3,(H,16,17). The molecule has 0 bridgehead atoms. The Morgan fingerprint density at radius 1 is 1.48 bits per heavy atom. The Bertz CT molecular complexity index is 396. The van der Waals surface area contributed by atoms with E-state index in [9.17, 15) is 0 Å². The normalized spacial score (nSPS) is 24.5. The van der Waals surface area contributed by atoms with Gasteiger partial charge in [-0.25, -0.2) is 4.99 Å². The zero-order valence-corrected chi connectivity index (χ0v) is 12.8. The predicted molar refractivity (Wildman–Crippen MR) is 77.5 cm³/mol. The number of hydrogen-bond donors (Lipinski definition) is 1. The highest BCUT2D eigenvalue weighted by molar-refractivity contribution is 5.82. The molecule has 0 aromatic rings. The van der Waals surface area contributed by atoms with E-state index >= 15 is 0 Å². The zero-order valence-electron chi connectivity index (χ0n) is 12.8. The van der Waals surface area contributed by atoms with Gasteiger partial charge in [0.15, 0.2) is 6.19 Å². The van der Waals surface area contributed by atoms with E-state index in [1.54, 1.807) is 0 Å². The van der Waals surface area contributed by atoms with Crippen molar-refractivity contribution in [2.75, 3.05) is 46.1 Å². The van der Waals surface area contributed by atoms with E-state index in [0.717, 1.165) is 26.2 Å². The third-order valence-electron chi connectivity index (χ3n) is 3.69. The Labute approximate surface area is 125 Å². The highest BCUT2D eigenvalue weighted by Crippen LogP contribution is 2.23. The average molecular weight is 296 g/mol. The molecular formula is C14H24N4O3. The first-order valence-corrected chi connectivity index (χ1v) is 7.53. The van der Waals surface area contributed by atoms with Gasteiger partial charge in [0.2, 0.25) is 11.7 Å². The highest BCUT2D eigenvalue weighted by Gasteiger charge is 2.39. The first-order chi connectivity index (χ1) is 10.2. The van der Waals surface area contributed by atoms with E-state index in [-0.39, 0.29) is 0 Å². The summed E-state index contributed by atoms with van der Waals surface area (Å²) in [6, 6.07) is 0. The zero-order chi connectivity index (χ0) is 15.1. The Hall–Kier alpha value is -1.36. The molecule has 7 heteroatoms. The second-order valence-corrected chi connectivity index (χ2v) is 5.26. The summed E-state index contributed by atoms with van der Waals surface area (Å²) >= 11 is 0. The van der Waals surface area contributed by atoms with Crippen LogP contribution in [-0.4, -0.2) is 62.7 Å². The molecule has 118 valence electrons. The second-order valence-electron chi connectivity index (χ2n) is 5.26. The van der Waals surface area contributed by atoms with Crippen LogP contribution in [0.15, 0.2) is 4.99 Å². The van der Waals surface area contributed by atoms with Crippen LogP contribution in [0.25, 0.3) is 0 Å². The number of nitriles is 1. The number of ether oxygens (including phenoxy) is 3.